The highest BCUT2D eigenvalue weighted by atomic mass is 35.5. The van der Waals surface area contributed by atoms with Gasteiger partial charge in [-0.2, -0.15) is 0 Å². The van der Waals surface area contributed by atoms with Crippen LogP contribution < -0.4 is 5.32 Å². The van der Waals surface area contributed by atoms with Gasteiger partial charge in [0.05, 0.1) is 16.1 Å². The Labute approximate surface area is 172 Å². The first-order valence-electron chi connectivity index (χ1n) is 8.67. The van der Waals surface area contributed by atoms with Gasteiger partial charge < -0.3 is 5.32 Å². The van der Waals surface area contributed by atoms with Crippen molar-refractivity contribution in [3.8, 4) is 0 Å². The molecule has 0 fully saturated rings. The van der Waals surface area contributed by atoms with Crippen molar-refractivity contribution in [1.82, 2.24) is 9.97 Å². The van der Waals surface area contributed by atoms with Crippen molar-refractivity contribution in [3.05, 3.63) is 80.9 Å². The maximum Gasteiger partial charge on any atom is 0.142 e. The Bertz CT molecular complexity index is 1090. The van der Waals surface area contributed by atoms with Crippen LogP contribution in [0.1, 0.15) is 23.2 Å². The molecule has 0 spiro atoms. The van der Waals surface area contributed by atoms with Gasteiger partial charge in [0.1, 0.15) is 16.5 Å². The zero-order valence-corrected chi connectivity index (χ0v) is 17.0. The first-order chi connectivity index (χ1) is 13.1. The van der Waals surface area contributed by atoms with Crippen LogP contribution in [0, 0.1) is 0 Å². The molecular weight excluding hydrogens is 397 g/mol. The first-order valence-corrected chi connectivity index (χ1v) is 10.2. The highest BCUT2D eigenvalue weighted by Crippen LogP contribution is 2.34. The fourth-order valence-corrected chi connectivity index (χ4v) is 4.30. The summed E-state index contributed by atoms with van der Waals surface area (Å²) in [6, 6.07) is 17.8. The zero-order chi connectivity index (χ0) is 18.8. The van der Waals surface area contributed by atoms with E-state index in [0.717, 1.165) is 34.0 Å². The van der Waals surface area contributed by atoms with Crippen LogP contribution in [0.25, 0.3) is 10.2 Å². The van der Waals surface area contributed by atoms with Gasteiger partial charge in [0.25, 0.3) is 0 Å². The molecule has 136 valence electrons. The molecule has 0 aliphatic carbocycles. The van der Waals surface area contributed by atoms with E-state index in [9.17, 15) is 0 Å². The number of nitrogens with zero attached hydrogens (tertiary/aromatic N) is 2. The van der Waals surface area contributed by atoms with Crippen LogP contribution >= 0.6 is 34.5 Å². The maximum absolute atomic E-state index is 6.34. The molecule has 0 bridgehead atoms. The second kappa shape index (κ2) is 7.85. The van der Waals surface area contributed by atoms with Gasteiger partial charge in [-0.1, -0.05) is 60.5 Å². The number of aromatic nitrogens is 2. The Hall–Kier alpha value is -2.14. The van der Waals surface area contributed by atoms with Gasteiger partial charge in [-0.3, -0.25) is 0 Å². The minimum atomic E-state index is 0.560. The summed E-state index contributed by atoms with van der Waals surface area (Å²) in [5.74, 6) is 1.55. The second-order valence-corrected chi connectivity index (χ2v) is 8.14. The van der Waals surface area contributed by atoms with Crippen LogP contribution in [0.15, 0.2) is 54.6 Å². The van der Waals surface area contributed by atoms with Gasteiger partial charge in [0, 0.05) is 16.3 Å². The molecule has 2 aromatic heterocycles. The average molecular weight is 414 g/mol. The van der Waals surface area contributed by atoms with Crippen LogP contribution in [0.5, 0.6) is 0 Å². The Balaban J connectivity index is 1.77. The summed E-state index contributed by atoms with van der Waals surface area (Å²) in [4.78, 5) is 11.9. The molecule has 2 aromatic carbocycles. The second-order valence-electron chi connectivity index (χ2n) is 6.19. The summed E-state index contributed by atoms with van der Waals surface area (Å²) in [5, 5.41) is 5.55. The topological polar surface area (TPSA) is 37.8 Å². The number of anilines is 2. The highest BCUT2D eigenvalue weighted by molar-refractivity contribution is 7.18. The molecule has 1 N–H and O–H groups in total. The van der Waals surface area contributed by atoms with Gasteiger partial charge in [-0.05, 0) is 36.2 Å². The molecule has 0 unspecified atom stereocenters. The summed E-state index contributed by atoms with van der Waals surface area (Å²) >= 11 is 14.1. The van der Waals surface area contributed by atoms with Gasteiger partial charge in [-0.25, -0.2) is 9.97 Å². The monoisotopic (exact) mass is 413 g/mol. The minimum absolute atomic E-state index is 0.560. The number of nitrogens with one attached hydrogen (secondary N) is 1. The van der Waals surface area contributed by atoms with Gasteiger partial charge in [0.2, 0.25) is 0 Å². The van der Waals surface area contributed by atoms with E-state index in [1.54, 1.807) is 17.4 Å². The average Bonchev–Trinajstić information content (AvgIpc) is 3.08. The Morgan fingerprint density at radius 2 is 1.81 bits per heavy atom. The molecule has 3 nitrogen and oxygen atoms in total. The predicted octanol–water partition coefficient (Wildman–Crippen LogP) is 6.89. The maximum atomic E-state index is 6.34. The summed E-state index contributed by atoms with van der Waals surface area (Å²) in [7, 11) is 0. The molecule has 6 heteroatoms. The fraction of sp³-hybridized carbons (Fsp3) is 0.143. The van der Waals surface area contributed by atoms with E-state index in [4.69, 9.17) is 33.2 Å². The van der Waals surface area contributed by atoms with Crippen molar-refractivity contribution in [2.24, 2.45) is 0 Å². The standard InChI is InChI=1S/C21H17Cl2N3S/c1-2-15-12-16-20(24-18-9-8-14(22)11-17(18)23)25-19(26-21(16)27-15)10-13-6-4-3-5-7-13/h3-9,11-12H,2,10H2,1H3,(H,24,25,26). The molecule has 0 radical (unpaired) electrons. The Kier molecular flexibility index (Phi) is 5.30. The molecule has 0 aliphatic rings. The third-order valence-corrected chi connectivity index (χ3v) is 5.95. The lowest BCUT2D eigenvalue weighted by atomic mass is 10.1. The van der Waals surface area contributed by atoms with Crippen LogP contribution in [0.2, 0.25) is 10.0 Å². The molecule has 0 saturated carbocycles. The van der Waals surface area contributed by atoms with Gasteiger partial charge in [-0.15, -0.1) is 11.3 Å². The number of benzene rings is 2. The molecule has 0 amide bonds. The minimum Gasteiger partial charge on any atom is -0.338 e. The molecule has 2 heterocycles. The molecule has 0 atom stereocenters. The summed E-state index contributed by atoms with van der Waals surface area (Å²) in [6.45, 7) is 2.15. The van der Waals surface area contributed by atoms with Gasteiger partial charge in [0.15, 0.2) is 0 Å². The third-order valence-electron chi connectivity index (χ3n) is 4.23. The third kappa shape index (κ3) is 4.08. The number of fused-ring (bicyclic) bond motifs is 1. The van der Waals surface area contributed by atoms with Crippen molar-refractivity contribution in [3.63, 3.8) is 0 Å². The molecule has 0 aliphatic heterocycles. The number of hydrogen-bond acceptors (Lipinski definition) is 4. The molecule has 4 aromatic rings. The largest absolute Gasteiger partial charge is 0.338 e. The summed E-state index contributed by atoms with van der Waals surface area (Å²) in [6.07, 6.45) is 1.65. The van der Waals surface area contributed by atoms with E-state index >= 15 is 0 Å². The number of hydrogen-bond donors (Lipinski definition) is 1. The number of thiophene rings is 1. The van der Waals surface area contributed by atoms with Crippen molar-refractivity contribution < 1.29 is 0 Å². The lowest BCUT2D eigenvalue weighted by Crippen LogP contribution is -2.02. The van der Waals surface area contributed by atoms with Gasteiger partial charge >= 0.3 is 0 Å². The van der Waals surface area contributed by atoms with Crippen LogP contribution in [-0.4, -0.2) is 9.97 Å². The highest BCUT2D eigenvalue weighted by Gasteiger charge is 2.13. The zero-order valence-electron chi connectivity index (χ0n) is 14.7. The summed E-state index contributed by atoms with van der Waals surface area (Å²) < 4.78 is 0. The van der Waals surface area contributed by atoms with E-state index in [0.29, 0.717) is 16.5 Å². The first kappa shape index (κ1) is 18.2. The summed E-state index contributed by atoms with van der Waals surface area (Å²) in [5.41, 5.74) is 1.95. The lowest BCUT2D eigenvalue weighted by molar-refractivity contribution is 1.000. The van der Waals surface area contributed by atoms with Crippen LogP contribution in [0.4, 0.5) is 11.5 Å². The normalized spacial score (nSPS) is 11.1. The van der Waals surface area contributed by atoms with Crippen molar-refractivity contribution in [2.75, 3.05) is 5.32 Å². The number of rotatable bonds is 5. The smallest absolute Gasteiger partial charge is 0.142 e. The Morgan fingerprint density at radius 1 is 1.00 bits per heavy atom. The van der Waals surface area contributed by atoms with E-state index < -0.39 is 0 Å². The number of aryl methyl sites for hydroxylation is 1. The van der Waals surface area contributed by atoms with E-state index in [1.165, 1.54) is 10.4 Å². The van der Waals surface area contributed by atoms with E-state index in [1.807, 2.05) is 30.3 Å². The van der Waals surface area contributed by atoms with E-state index in [-0.39, 0.29) is 0 Å². The van der Waals surface area contributed by atoms with Crippen LogP contribution in [0.3, 0.4) is 0 Å². The van der Waals surface area contributed by atoms with Crippen molar-refractivity contribution in [1.29, 1.82) is 0 Å². The molecular formula is C21H17Cl2N3S. The molecule has 4 rings (SSSR count). The molecule has 27 heavy (non-hydrogen) atoms. The predicted molar refractivity (Wildman–Crippen MR) is 116 cm³/mol. The van der Waals surface area contributed by atoms with Crippen molar-refractivity contribution in [2.45, 2.75) is 19.8 Å². The van der Waals surface area contributed by atoms with E-state index in [2.05, 4.69) is 30.4 Å². The number of halogens is 2. The SMILES string of the molecule is CCc1cc2c(Nc3ccc(Cl)cc3Cl)nc(Cc3ccccc3)nc2s1. The Morgan fingerprint density at radius 3 is 2.56 bits per heavy atom. The molecule has 0 saturated heterocycles. The fourth-order valence-electron chi connectivity index (χ4n) is 2.86. The quantitative estimate of drug-likeness (QED) is 0.386. The van der Waals surface area contributed by atoms with Crippen molar-refractivity contribution >= 4 is 56.3 Å². The lowest BCUT2D eigenvalue weighted by Gasteiger charge is -2.11. The van der Waals surface area contributed by atoms with Crippen LogP contribution in [-0.2, 0) is 12.8 Å².